The highest BCUT2D eigenvalue weighted by Gasteiger charge is 2.19. The molecule has 0 saturated carbocycles. The number of hydrogen-bond acceptors (Lipinski definition) is 1. The Morgan fingerprint density at radius 2 is 1.55 bits per heavy atom. The molecule has 2 rings (SSSR count). The van der Waals surface area contributed by atoms with E-state index in [9.17, 15) is 8.78 Å². The van der Waals surface area contributed by atoms with E-state index in [0.717, 1.165) is 16.7 Å². The van der Waals surface area contributed by atoms with Crippen LogP contribution in [0.25, 0.3) is 0 Å². The minimum absolute atomic E-state index is 0.321. The second-order valence-electron chi connectivity index (χ2n) is 5.20. The quantitative estimate of drug-likeness (QED) is 0.885. The lowest BCUT2D eigenvalue weighted by Crippen LogP contribution is -2.20. The van der Waals surface area contributed by atoms with Gasteiger partial charge in [-0.15, -0.1) is 0 Å². The van der Waals surface area contributed by atoms with Gasteiger partial charge in [-0.3, -0.25) is 0 Å². The van der Waals surface area contributed by atoms with Crippen molar-refractivity contribution >= 4 is 0 Å². The zero-order chi connectivity index (χ0) is 14.9. The van der Waals surface area contributed by atoms with Gasteiger partial charge < -0.3 is 5.32 Å². The van der Waals surface area contributed by atoms with Gasteiger partial charge in [-0.1, -0.05) is 23.8 Å². The molecular formula is C17H19F2N. The summed E-state index contributed by atoms with van der Waals surface area (Å²) < 4.78 is 27.9. The molecular weight excluding hydrogens is 256 g/mol. The van der Waals surface area contributed by atoms with Crippen LogP contribution >= 0.6 is 0 Å². The predicted octanol–water partition coefficient (Wildman–Crippen LogP) is 4.20. The monoisotopic (exact) mass is 275 g/mol. The van der Waals surface area contributed by atoms with Crippen molar-refractivity contribution in [2.24, 2.45) is 0 Å². The van der Waals surface area contributed by atoms with Crippen LogP contribution in [0.15, 0.2) is 30.3 Å². The Balaban J connectivity index is 2.55. The Kier molecular flexibility index (Phi) is 4.19. The molecule has 2 aromatic carbocycles. The van der Waals surface area contributed by atoms with Crippen LogP contribution in [-0.2, 0) is 0 Å². The first-order valence-corrected chi connectivity index (χ1v) is 6.64. The summed E-state index contributed by atoms with van der Waals surface area (Å²) in [7, 11) is 1.75. The average molecular weight is 275 g/mol. The van der Waals surface area contributed by atoms with Crippen molar-refractivity contribution in [3.63, 3.8) is 0 Å². The van der Waals surface area contributed by atoms with Gasteiger partial charge >= 0.3 is 0 Å². The highest BCUT2D eigenvalue weighted by Crippen LogP contribution is 2.28. The second-order valence-corrected chi connectivity index (χ2v) is 5.20. The summed E-state index contributed by atoms with van der Waals surface area (Å²) in [4.78, 5) is 0. The molecule has 3 heteroatoms. The first kappa shape index (κ1) is 14.7. The smallest absolute Gasteiger partial charge is 0.128 e. The van der Waals surface area contributed by atoms with Gasteiger partial charge in [0.15, 0.2) is 0 Å². The van der Waals surface area contributed by atoms with Gasteiger partial charge in [0.25, 0.3) is 0 Å². The van der Waals surface area contributed by atoms with Crippen molar-refractivity contribution in [3.8, 4) is 0 Å². The van der Waals surface area contributed by atoms with E-state index in [0.29, 0.717) is 11.1 Å². The largest absolute Gasteiger partial charge is 0.309 e. The Labute approximate surface area is 118 Å². The maximum Gasteiger partial charge on any atom is 0.128 e. The van der Waals surface area contributed by atoms with E-state index < -0.39 is 0 Å². The summed E-state index contributed by atoms with van der Waals surface area (Å²) in [5, 5.41) is 3.08. The average Bonchev–Trinajstić information content (AvgIpc) is 2.38. The SMILES string of the molecule is CNC(c1ccc(C)cc1C)c1cc(F)c(C)cc1F. The summed E-state index contributed by atoms with van der Waals surface area (Å²) in [5.74, 6) is -0.769. The number of aryl methyl sites for hydroxylation is 3. The van der Waals surface area contributed by atoms with Gasteiger partial charge in [-0.25, -0.2) is 8.78 Å². The molecule has 20 heavy (non-hydrogen) atoms. The van der Waals surface area contributed by atoms with E-state index >= 15 is 0 Å². The van der Waals surface area contributed by atoms with E-state index in [1.165, 1.54) is 12.1 Å². The van der Waals surface area contributed by atoms with E-state index in [4.69, 9.17) is 0 Å². The summed E-state index contributed by atoms with van der Waals surface area (Å²) >= 11 is 0. The molecule has 0 aliphatic rings. The van der Waals surface area contributed by atoms with Crippen molar-refractivity contribution in [3.05, 3.63) is 69.8 Å². The fourth-order valence-electron chi connectivity index (χ4n) is 2.51. The third-order valence-electron chi connectivity index (χ3n) is 3.61. The van der Waals surface area contributed by atoms with Crippen molar-refractivity contribution in [2.75, 3.05) is 7.05 Å². The molecule has 0 saturated heterocycles. The molecule has 0 aliphatic carbocycles. The molecule has 0 aliphatic heterocycles. The summed E-state index contributed by atoms with van der Waals surface area (Å²) in [6.07, 6.45) is 0. The maximum atomic E-state index is 14.2. The van der Waals surface area contributed by atoms with Crippen LogP contribution < -0.4 is 5.32 Å². The molecule has 0 fully saturated rings. The highest BCUT2D eigenvalue weighted by atomic mass is 19.1. The number of halogens is 2. The molecule has 0 bridgehead atoms. The number of benzene rings is 2. The molecule has 1 N–H and O–H groups in total. The van der Waals surface area contributed by atoms with Gasteiger partial charge in [0.05, 0.1) is 6.04 Å². The minimum atomic E-state index is -0.386. The van der Waals surface area contributed by atoms with Gasteiger partial charge in [0.1, 0.15) is 11.6 Å². The van der Waals surface area contributed by atoms with Gasteiger partial charge in [-0.2, -0.15) is 0 Å². The van der Waals surface area contributed by atoms with Gasteiger partial charge in [0.2, 0.25) is 0 Å². The third kappa shape index (κ3) is 2.73. The van der Waals surface area contributed by atoms with E-state index in [1.54, 1.807) is 14.0 Å². The van der Waals surface area contributed by atoms with Crippen LogP contribution in [0.2, 0.25) is 0 Å². The van der Waals surface area contributed by atoms with Crippen molar-refractivity contribution in [2.45, 2.75) is 26.8 Å². The van der Waals surface area contributed by atoms with Crippen molar-refractivity contribution in [1.29, 1.82) is 0 Å². The van der Waals surface area contributed by atoms with E-state index in [2.05, 4.69) is 5.32 Å². The first-order chi connectivity index (χ1) is 9.43. The van der Waals surface area contributed by atoms with Crippen LogP contribution in [0.5, 0.6) is 0 Å². The maximum absolute atomic E-state index is 14.2. The van der Waals surface area contributed by atoms with Crippen LogP contribution in [0.4, 0.5) is 8.78 Å². The molecule has 0 radical (unpaired) electrons. The molecule has 1 unspecified atom stereocenters. The summed E-state index contributed by atoms with van der Waals surface area (Å²) in [6.45, 7) is 5.56. The molecule has 0 heterocycles. The zero-order valence-electron chi connectivity index (χ0n) is 12.2. The van der Waals surface area contributed by atoms with E-state index in [1.807, 2.05) is 32.0 Å². The van der Waals surface area contributed by atoms with Crippen molar-refractivity contribution in [1.82, 2.24) is 5.32 Å². The Bertz CT molecular complexity index is 635. The Hall–Kier alpha value is -1.74. The van der Waals surface area contributed by atoms with Gasteiger partial charge in [0, 0.05) is 5.56 Å². The topological polar surface area (TPSA) is 12.0 Å². The lowest BCUT2D eigenvalue weighted by atomic mass is 9.93. The standard InChI is InChI=1S/C17H19F2N/c1-10-5-6-13(11(2)7-10)17(20-4)14-9-15(18)12(3)8-16(14)19/h5-9,17,20H,1-4H3. The second kappa shape index (κ2) is 5.71. The summed E-state index contributed by atoms with van der Waals surface area (Å²) in [5.41, 5.74) is 3.82. The molecule has 2 aromatic rings. The number of hydrogen-bond donors (Lipinski definition) is 1. The van der Waals surface area contributed by atoms with E-state index in [-0.39, 0.29) is 17.7 Å². The number of nitrogens with one attached hydrogen (secondary N) is 1. The Morgan fingerprint density at radius 3 is 2.15 bits per heavy atom. The minimum Gasteiger partial charge on any atom is -0.309 e. The van der Waals surface area contributed by atoms with Crippen LogP contribution in [0.1, 0.15) is 33.9 Å². The Morgan fingerprint density at radius 1 is 0.850 bits per heavy atom. The lowest BCUT2D eigenvalue weighted by molar-refractivity contribution is 0.553. The zero-order valence-corrected chi connectivity index (χ0v) is 12.2. The van der Waals surface area contributed by atoms with Gasteiger partial charge in [-0.05, 0) is 56.6 Å². The first-order valence-electron chi connectivity index (χ1n) is 6.64. The lowest BCUT2D eigenvalue weighted by Gasteiger charge is -2.21. The molecule has 0 amide bonds. The molecule has 0 spiro atoms. The fourth-order valence-corrected chi connectivity index (χ4v) is 2.51. The summed E-state index contributed by atoms with van der Waals surface area (Å²) in [6, 6.07) is 8.16. The van der Waals surface area contributed by atoms with Crippen molar-refractivity contribution < 1.29 is 8.78 Å². The predicted molar refractivity (Wildman–Crippen MR) is 77.9 cm³/mol. The van der Waals surface area contributed by atoms with Crippen LogP contribution in [0.3, 0.4) is 0 Å². The highest BCUT2D eigenvalue weighted by molar-refractivity contribution is 5.40. The molecule has 1 nitrogen and oxygen atoms in total. The molecule has 1 atom stereocenters. The molecule has 106 valence electrons. The van der Waals surface area contributed by atoms with Crippen LogP contribution in [0, 0.1) is 32.4 Å². The normalized spacial score (nSPS) is 12.5. The third-order valence-corrected chi connectivity index (χ3v) is 3.61. The molecule has 0 aromatic heterocycles. The number of rotatable bonds is 3. The fraction of sp³-hybridized carbons (Fsp3) is 0.294. The van der Waals surface area contributed by atoms with Crippen LogP contribution in [-0.4, -0.2) is 7.05 Å².